The molecule has 1 fully saturated rings. The van der Waals surface area contributed by atoms with Crippen molar-refractivity contribution in [2.24, 2.45) is 0 Å². The Hall–Kier alpha value is -3.22. The number of carbonyl (C=O) groups excluding carboxylic acids is 2. The standard InChI is InChI=1S/C24H31N3O4/c1-30-21-10-6-7-19(24(21)31-2)11-12-22(28)25-14-13-23(29)27-17-15-26(16-18-27)20-8-4-3-5-9-20/h3-10H,11-18H2,1-2H3,(H,25,28). The molecule has 0 bridgehead atoms. The molecule has 2 amide bonds. The fourth-order valence-corrected chi connectivity index (χ4v) is 3.81. The Kier molecular flexibility index (Phi) is 8.15. The van der Waals surface area contributed by atoms with Crippen molar-refractivity contribution < 1.29 is 19.1 Å². The lowest BCUT2D eigenvalue weighted by Crippen LogP contribution is -2.49. The van der Waals surface area contributed by atoms with Crippen LogP contribution in [0.2, 0.25) is 0 Å². The van der Waals surface area contributed by atoms with Crippen molar-refractivity contribution in [2.75, 3.05) is 51.8 Å². The molecule has 1 aliphatic heterocycles. The van der Waals surface area contributed by atoms with E-state index in [0.29, 0.717) is 50.4 Å². The number of anilines is 1. The lowest BCUT2D eigenvalue weighted by molar-refractivity contribution is -0.131. The van der Waals surface area contributed by atoms with Gasteiger partial charge in [-0.25, -0.2) is 0 Å². The van der Waals surface area contributed by atoms with Crippen LogP contribution in [-0.4, -0.2) is 63.7 Å². The van der Waals surface area contributed by atoms with Gasteiger partial charge >= 0.3 is 0 Å². The van der Waals surface area contributed by atoms with Gasteiger partial charge in [-0.3, -0.25) is 9.59 Å². The Morgan fingerprint density at radius 3 is 2.32 bits per heavy atom. The monoisotopic (exact) mass is 425 g/mol. The Morgan fingerprint density at radius 1 is 0.903 bits per heavy atom. The minimum Gasteiger partial charge on any atom is -0.493 e. The van der Waals surface area contributed by atoms with Gasteiger partial charge in [-0.05, 0) is 30.2 Å². The maximum atomic E-state index is 12.5. The Bertz CT molecular complexity index is 864. The fourth-order valence-electron chi connectivity index (χ4n) is 3.81. The van der Waals surface area contributed by atoms with Crippen molar-refractivity contribution in [3.63, 3.8) is 0 Å². The largest absolute Gasteiger partial charge is 0.493 e. The van der Waals surface area contributed by atoms with Gasteiger partial charge in [0.1, 0.15) is 0 Å². The summed E-state index contributed by atoms with van der Waals surface area (Å²) >= 11 is 0. The molecule has 3 rings (SSSR count). The van der Waals surface area contributed by atoms with Crippen molar-refractivity contribution in [3.8, 4) is 11.5 Å². The van der Waals surface area contributed by atoms with E-state index >= 15 is 0 Å². The summed E-state index contributed by atoms with van der Waals surface area (Å²) < 4.78 is 10.7. The SMILES string of the molecule is COc1cccc(CCC(=O)NCCC(=O)N2CCN(c3ccccc3)CC2)c1OC. The molecule has 31 heavy (non-hydrogen) atoms. The maximum absolute atomic E-state index is 12.5. The second-order valence-electron chi connectivity index (χ2n) is 7.46. The molecule has 0 spiro atoms. The summed E-state index contributed by atoms with van der Waals surface area (Å²) in [5.41, 5.74) is 2.11. The smallest absolute Gasteiger partial charge is 0.224 e. The number of aryl methyl sites for hydroxylation is 1. The average molecular weight is 426 g/mol. The number of carbonyl (C=O) groups is 2. The van der Waals surface area contributed by atoms with Crippen molar-refractivity contribution in [3.05, 3.63) is 54.1 Å². The number of hydrogen-bond donors (Lipinski definition) is 1. The van der Waals surface area contributed by atoms with Gasteiger partial charge in [-0.2, -0.15) is 0 Å². The first kappa shape index (κ1) is 22.5. The van der Waals surface area contributed by atoms with Crippen molar-refractivity contribution >= 4 is 17.5 Å². The van der Waals surface area contributed by atoms with Gasteiger partial charge in [0.05, 0.1) is 14.2 Å². The van der Waals surface area contributed by atoms with Crippen LogP contribution in [0.5, 0.6) is 11.5 Å². The number of hydrogen-bond acceptors (Lipinski definition) is 5. The van der Waals surface area contributed by atoms with Gasteiger partial charge in [0.25, 0.3) is 0 Å². The van der Waals surface area contributed by atoms with E-state index in [2.05, 4.69) is 22.3 Å². The molecule has 0 unspecified atom stereocenters. The summed E-state index contributed by atoms with van der Waals surface area (Å²) in [5, 5.41) is 2.85. The third kappa shape index (κ3) is 6.13. The van der Waals surface area contributed by atoms with Gasteiger partial charge < -0.3 is 24.6 Å². The van der Waals surface area contributed by atoms with Crippen LogP contribution < -0.4 is 19.7 Å². The number of benzene rings is 2. The summed E-state index contributed by atoms with van der Waals surface area (Å²) in [6.45, 7) is 3.41. The molecule has 2 aromatic carbocycles. The predicted octanol–water partition coefficient (Wildman–Crippen LogP) is 2.49. The number of nitrogens with zero attached hydrogens (tertiary/aromatic N) is 2. The quantitative estimate of drug-likeness (QED) is 0.668. The van der Waals surface area contributed by atoms with Crippen LogP contribution in [0.25, 0.3) is 0 Å². The summed E-state index contributed by atoms with van der Waals surface area (Å²) in [5.74, 6) is 1.31. The molecular weight excluding hydrogens is 394 g/mol. The van der Waals surface area contributed by atoms with Crippen LogP contribution in [0, 0.1) is 0 Å². The third-order valence-electron chi connectivity index (χ3n) is 5.52. The van der Waals surface area contributed by atoms with Crippen molar-refractivity contribution in [1.29, 1.82) is 0 Å². The molecule has 0 aliphatic carbocycles. The predicted molar refractivity (Wildman–Crippen MR) is 121 cm³/mol. The van der Waals surface area contributed by atoms with Crippen LogP contribution in [0.1, 0.15) is 18.4 Å². The molecule has 166 valence electrons. The number of para-hydroxylation sites is 2. The molecule has 1 saturated heterocycles. The summed E-state index contributed by atoms with van der Waals surface area (Å²) in [4.78, 5) is 28.9. The van der Waals surface area contributed by atoms with E-state index in [9.17, 15) is 9.59 Å². The van der Waals surface area contributed by atoms with Crippen LogP contribution >= 0.6 is 0 Å². The Labute approximate surface area is 183 Å². The highest BCUT2D eigenvalue weighted by Gasteiger charge is 2.21. The molecule has 7 nitrogen and oxygen atoms in total. The normalized spacial score (nSPS) is 13.6. The first-order valence-electron chi connectivity index (χ1n) is 10.7. The minimum atomic E-state index is -0.0773. The lowest BCUT2D eigenvalue weighted by atomic mass is 10.1. The molecule has 0 radical (unpaired) electrons. The number of methoxy groups -OCH3 is 2. The molecule has 2 aromatic rings. The zero-order valence-corrected chi connectivity index (χ0v) is 18.3. The molecule has 7 heteroatoms. The van der Waals surface area contributed by atoms with Crippen molar-refractivity contribution in [2.45, 2.75) is 19.3 Å². The fraction of sp³-hybridized carbons (Fsp3) is 0.417. The van der Waals surface area contributed by atoms with E-state index in [0.717, 1.165) is 18.7 Å². The molecule has 1 aliphatic rings. The van der Waals surface area contributed by atoms with E-state index in [4.69, 9.17) is 9.47 Å². The van der Waals surface area contributed by atoms with Crippen molar-refractivity contribution in [1.82, 2.24) is 10.2 Å². The summed E-state index contributed by atoms with van der Waals surface area (Å²) in [7, 11) is 3.18. The van der Waals surface area contributed by atoms with Gasteiger partial charge in [0.15, 0.2) is 11.5 Å². The minimum absolute atomic E-state index is 0.0773. The summed E-state index contributed by atoms with van der Waals surface area (Å²) in [6.07, 6.45) is 1.19. The van der Waals surface area contributed by atoms with E-state index in [1.165, 1.54) is 5.69 Å². The van der Waals surface area contributed by atoms with E-state index in [-0.39, 0.29) is 11.8 Å². The van der Waals surface area contributed by atoms with E-state index < -0.39 is 0 Å². The van der Waals surface area contributed by atoms with E-state index in [1.54, 1.807) is 14.2 Å². The first-order chi connectivity index (χ1) is 15.1. The number of nitrogens with one attached hydrogen (secondary N) is 1. The van der Waals surface area contributed by atoms with Gasteiger partial charge in [-0.1, -0.05) is 30.3 Å². The lowest BCUT2D eigenvalue weighted by Gasteiger charge is -2.36. The topological polar surface area (TPSA) is 71.1 Å². The Balaban J connectivity index is 1.37. The highest BCUT2D eigenvalue weighted by Crippen LogP contribution is 2.31. The van der Waals surface area contributed by atoms with Crippen LogP contribution in [0.15, 0.2) is 48.5 Å². The average Bonchev–Trinajstić information content (AvgIpc) is 2.82. The molecule has 0 aromatic heterocycles. The van der Waals surface area contributed by atoms with Crippen LogP contribution in [0.3, 0.4) is 0 Å². The zero-order valence-electron chi connectivity index (χ0n) is 18.3. The molecule has 0 saturated carbocycles. The zero-order chi connectivity index (χ0) is 22.1. The van der Waals surface area contributed by atoms with Crippen LogP contribution in [-0.2, 0) is 16.0 Å². The number of ether oxygens (including phenoxy) is 2. The second kappa shape index (κ2) is 11.2. The molecular formula is C24H31N3O4. The number of amides is 2. The second-order valence-corrected chi connectivity index (χ2v) is 7.46. The Morgan fingerprint density at radius 2 is 1.65 bits per heavy atom. The first-order valence-corrected chi connectivity index (χ1v) is 10.7. The molecule has 1 heterocycles. The summed E-state index contributed by atoms with van der Waals surface area (Å²) in [6, 6.07) is 15.9. The molecule has 0 atom stereocenters. The highest BCUT2D eigenvalue weighted by molar-refractivity contribution is 5.79. The van der Waals surface area contributed by atoms with Gasteiger partial charge in [-0.15, -0.1) is 0 Å². The third-order valence-corrected chi connectivity index (χ3v) is 5.52. The van der Waals surface area contributed by atoms with Gasteiger partial charge in [0.2, 0.25) is 11.8 Å². The van der Waals surface area contributed by atoms with Crippen LogP contribution in [0.4, 0.5) is 5.69 Å². The maximum Gasteiger partial charge on any atom is 0.224 e. The highest BCUT2D eigenvalue weighted by atomic mass is 16.5. The van der Waals surface area contributed by atoms with E-state index in [1.807, 2.05) is 41.3 Å². The van der Waals surface area contributed by atoms with Gasteiger partial charge in [0, 0.05) is 51.3 Å². The number of piperazine rings is 1. The molecule has 1 N–H and O–H groups in total. The number of rotatable bonds is 9.